The number of para-hydroxylation sites is 1. The van der Waals surface area contributed by atoms with Gasteiger partial charge in [0, 0.05) is 29.6 Å². The Labute approximate surface area is 208 Å². The van der Waals surface area contributed by atoms with Gasteiger partial charge in [-0.1, -0.05) is 67.2 Å². The van der Waals surface area contributed by atoms with E-state index in [0.717, 1.165) is 25.1 Å². The van der Waals surface area contributed by atoms with Crippen molar-refractivity contribution < 1.29 is 9.53 Å². The number of hydrogen-bond donors (Lipinski definition) is 0. The van der Waals surface area contributed by atoms with Crippen LogP contribution >= 0.6 is 0 Å². The predicted octanol–water partition coefficient (Wildman–Crippen LogP) is 6.28. The highest BCUT2D eigenvalue weighted by Gasteiger charge is 2.60. The molecule has 4 atom stereocenters. The Hall–Kier alpha value is -3.33. The van der Waals surface area contributed by atoms with E-state index in [2.05, 4.69) is 67.8 Å². The van der Waals surface area contributed by atoms with Crippen molar-refractivity contribution >= 4 is 11.5 Å². The molecule has 2 fully saturated rings. The maximum Gasteiger partial charge on any atom is 0.254 e. The lowest BCUT2D eigenvalue weighted by Gasteiger charge is -2.55. The van der Waals surface area contributed by atoms with E-state index in [4.69, 9.17) is 4.74 Å². The summed E-state index contributed by atoms with van der Waals surface area (Å²) in [7, 11) is 1.64. The number of likely N-dealkylation sites (tertiary alicyclic amines) is 1. The molecule has 1 heterocycles. The zero-order valence-corrected chi connectivity index (χ0v) is 20.9. The number of amides is 1. The Morgan fingerprint density at radius 2 is 1.77 bits per heavy atom. The maximum absolute atomic E-state index is 13.8. The van der Waals surface area contributed by atoms with Crippen molar-refractivity contribution in [3.05, 3.63) is 107 Å². The van der Waals surface area contributed by atoms with Gasteiger partial charge in [-0.3, -0.25) is 4.79 Å². The van der Waals surface area contributed by atoms with E-state index >= 15 is 0 Å². The standard InChI is InChI=1S/C32H33NO2/c1-20-13-14-23(17-21(20)2)32-16-15-25(26-10-5-7-11-28(26)32)27-18-33(19-29(27)32)31(34)22(3)24-9-6-8-12-30(24)35-4/h5-14,17,25,27,29H,3,15-16,18-19H2,1-2,4H3. The lowest BCUT2D eigenvalue weighted by molar-refractivity contribution is -0.124. The summed E-state index contributed by atoms with van der Waals surface area (Å²) in [4.78, 5) is 15.8. The van der Waals surface area contributed by atoms with Crippen molar-refractivity contribution in [3.8, 4) is 5.75 Å². The number of carbonyl (C=O) groups excluding carboxylic acids is 1. The first kappa shape index (κ1) is 22.2. The molecule has 3 nitrogen and oxygen atoms in total. The number of methoxy groups -OCH3 is 1. The van der Waals surface area contributed by atoms with Crippen LogP contribution in [0.25, 0.3) is 5.57 Å². The molecule has 3 aromatic carbocycles. The van der Waals surface area contributed by atoms with Crippen LogP contribution in [0.2, 0.25) is 0 Å². The molecule has 7 rings (SSSR count). The second-order valence-corrected chi connectivity index (χ2v) is 10.7. The molecular weight excluding hydrogens is 430 g/mol. The normalized spacial score (nSPS) is 26.3. The summed E-state index contributed by atoms with van der Waals surface area (Å²) < 4.78 is 5.52. The van der Waals surface area contributed by atoms with E-state index in [-0.39, 0.29) is 11.3 Å². The molecule has 0 radical (unpaired) electrons. The first-order chi connectivity index (χ1) is 17.0. The van der Waals surface area contributed by atoms with Crippen molar-refractivity contribution in [1.29, 1.82) is 0 Å². The molecule has 0 N–H and O–H groups in total. The minimum absolute atomic E-state index is 0.0302. The predicted molar refractivity (Wildman–Crippen MR) is 141 cm³/mol. The number of nitrogens with zero attached hydrogens (tertiary/aromatic N) is 1. The van der Waals surface area contributed by atoms with Crippen LogP contribution in [0.3, 0.4) is 0 Å². The molecule has 4 unspecified atom stereocenters. The van der Waals surface area contributed by atoms with Crippen molar-refractivity contribution in [2.45, 2.75) is 38.0 Å². The number of aryl methyl sites for hydroxylation is 2. The van der Waals surface area contributed by atoms with Crippen LogP contribution < -0.4 is 4.74 Å². The van der Waals surface area contributed by atoms with Gasteiger partial charge in [0.15, 0.2) is 0 Å². The summed E-state index contributed by atoms with van der Waals surface area (Å²) in [6.07, 6.45) is 2.33. The quantitative estimate of drug-likeness (QED) is 0.426. The van der Waals surface area contributed by atoms with Crippen LogP contribution in [0.4, 0.5) is 0 Å². The van der Waals surface area contributed by atoms with Crippen LogP contribution in [0.5, 0.6) is 5.75 Å². The highest BCUT2D eigenvalue weighted by atomic mass is 16.5. The van der Waals surface area contributed by atoms with E-state index < -0.39 is 0 Å². The molecular formula is C32H33NO2. The SMILES string of the molecule is C=C(C(=O)N1CC2C3CCC(c4ccc(C)c(C)c4)(c4ccccc43)C2C1)c1ccccc1OC. The minimum Gasteiger partial charge on any atom is -0.496 e. The van der Waals surface area contributed by atoms with Crippen LogP contribution in [-0.2, 0) is 10.2 Å². The summed E-state index contributed by atoms with van der Waals surface area (Å²) in [5, 5.41) is 0. The molecule has 1 saturated carbocycles. The largest absolute Gasteiger partial charge is 0.496 e. The summed E-state index contributed by atoms with van der Waals surface area (Å²) >= 11 is 0. The Morgan fingerprint density at radius 3 is 2.57 bits per heavy atom. The van der Waals surface area contributed by atoms with Gasteiger partial charge in [-0.15, -0.1) is 0 Å². The first-order valence-electron chi connectivity index (χ1n) is 12.7. The molecule has 2 bridgehead atoms. The second-order valence-electron chi connectivity index (χ2n) is 10.7. The molecule has 3 heteroatoms. The van der Waals surface area contributed by atoms with Gasteiger partial charge in [0.1, 0.15) is 5.75 Å². The lowest BCUT2D eigenvalue weighted by atomic mass is 9.47. The Morgan fingerprint density at radius 1 is 1.00 bits per heavy atom. The average molecular weight is 464 g/mol. The van der Waals surface area contributed by atoms with Crippen LogP contribution in [0.15, 0.2) is 73.3 Å². The Kier molecular flexibility index (Phi) is 5.14. The molecule has 178 valence electrons. The van der Waals surface area contributed by atoms with Gasteiger partial charge in [-0.25, -0.2) is 0 Å². The van der Waals surface area contributed by atoms with E-state index in [1.54, 1.807) is 7.11 Å². The molecule has 3 aromatic rings. The fourth-order valence-corrected chi connectivity index (χ4v) is 7.39. The molecule has 1 amide bonds. The molecule has 4 aliphatic rings. The molecule has 1 aliphatic heterocycles. The van der Waals surface area contributed by atoms with E-state index in [0.29, 0.717) is 29.1 Å². The third-order valence-electron chi connectivity index (χ3n) is 9.20. The van der Waals surface area contributed by atoms with Gasteiger partial charge in [0.05, 0.1) is 7.11 Å². The monoisotopic (exact) mass is 463 g/mol. The fourth-order valence-electron chi connectivity index (χ4n) is 7.39. The van der Waals surface area contributed by atoms with Gasteiger partial charge in [-0.2, -0.15) is 0 Å². The summed E-state index contributed by atoms with van der Waals surface area (Å²) in [5.41, 5.74) is 8.32. The molecule has 0 spiro atoms. The van der Waals surface area contributed by atoms with E-state index in [9.17, 15) is 4.79 Å². The minimum atomic E-state index is -0.0464. The van der Waals surface area contributed by atoms with Crippen LogP contribution in [0, 0.1) is 25.7 Å². The van der Waals surface area contributed by atoms with E-state index in [1.165, 1.54) is 34.2 Å². The third-order valence-corrected chi connectivity index (χ3v) is 9.20. The number of carbonyl (C=O) groups is 1. The molecule has 35 heavy (non-hydrogen) atoms. The van der Waals surface area contributed by atoms with Crippen molar-refractivity contribution in [2.24, 2.45) is 11.8 Å². The first-order valence-corrected chi connectivity index (χ1v) is 12.7. The number of fused-ring (bicyclic) bond motifs is 1. The van der Waals surface area contributed by atoms with Crippen molar-refractivity contribution in [3.63, 3.8) is 0 Å². The number of benzene rings is 3. The Bertz CT molecular complexity index is 1340. The van der Waals surface area contributed by atoms with Crippen molar-refractivity contribution in [1.82, 2.24) is 4.90 Å². The number of hydrogen-bond acceptors (Lipinski definition) is 2. The summed E-state index contributed by atoms with van der Waals surface area (Å²) in [5.74, 6) is 2.12. The average Bonchev–Trinajstić information content (AvgIpc) is 3.37. The van der Waals surface area contributed by atoms with E-state index in [1.807, 2.05) is 24.3 Å². The zero-order valence-electron chi connectivity index (χ0n) is 20.9. The van der Waals surface area contributed by atoms with Gasteiger partial charge < -0.3 is 9.64 Å². The smallest absolute Gasteiger partial charge is 0.254 e. The maximum atomic E-state index is 13.8. The summed E-state index contributed by atoms with van der Waals surface area (Å²) in [6, 6.07) is 23.8. The number of ether oxygens (including phenoxy) is 1. The molecule has 1 saturated heterocycles. The Balaban J connectivity index is 1.41. The summed E-state index contributed by atoms with van der Waals surface area (Å²) in [6.45, 7) is 10.2. The lowest BCUT2D eigenvalue weighted by Crippen LogP contribution is -2.51. The topological polar surface area (TPSA) is 29.5 Å². The van der Waals surface area contributed by atoms with Gasteiger partial charge in [0.25, 0.3) is 5.91 Å². The van der Waals surface area contributed by atoms with Gasteiger partial charge in [0.2, 0.25) is 0 Å². The highest BCUT2D eigenvalue weighted by Crippen LogP contribution is 2.63. The van der Waals surface area contributed by atoms with Gasteiger partial charge in [-0.05, 0) is 78.3 Å². The highest BCUT2D eigenvalue weighted by molar-refractivity contribution is 6.19. The molecule has 0 aromatic heterocycles. The van der Waals surface area contributed by atoms with Gasteiger partial charge >= 0.3 is 0 Å². The number of rotatable bonds is 4. The fraction of sp³-hybridized carbons (Fsp3) is 0.344. The second kappa shape index (κ2) is 8.12. The van der Waals surface area contributed by atoms with Crippen molar-refractivity contribution in [2.75, 3.05) is 20.2 Å². The zero-order chi connectivity index (χ0) is 24.3. The van der Waals surface area contributed by atoms with Crippen LogP contribution in [0.1, 0.15) is 52.1 Å². The van der Waals surface area contributed by atoms with Crippen LogP contribution in [-0.4, -0.2) is 31.0 Å². The molecule has 3 aliphatic carbocycles. The third kappa shape index (κ3) is 3.14.